The van der Waals surface area contributed by atoms with E-state index in [0.717, 1.165) is 45.6 Å². The Morgan fingerprint density at radius 2 is 1.93 bits per heavy atom. The SMILES string of the molecule is Cc1cc2c(cc(C(=O)NCC3CC3)n2Cc2ccc(C(F)(F)F)cc2)s1. The van der Waals surface area contributed by atoms with Crippen LogP contribution in [0.15, 0.2) is 36.4 Å². The minimum absolute atomic E-state index is 0.130. The largest absolute Gasteiger partial charge is 0.416 e. The zero-order chi connectivity index (χ0) is 19.2. The van der Waals surface area contributed by atoms with Crippen molar-refractivity contribution in [3.05, 3.63) is 58.1 Å². The number of carbonyl (C=O) groups is 1. The first-order valence-corrected chi connectivity index (χ1v) is 9.67. The number of hydrogen-bond acceptors (Lipinski definition) is 2. The molecule has 0 atom stereocenters. The highest BCUT2D eigenvalue weighted by molar-refractivity contribution is 7.19. The number of fused-ring (bicyclic) bond motifs is 1. The smallest absolute Gasteiger partial charge is 0.350 e. The highest BCUT2D eigenvalue weighted by Crippen LogP contribution is 2.32. The number of aromatic nitrogens is 1. The second-order valence-corrected chi connectivity index (χ2v) is 8.36. The summed E-state index contributed by atoms with van der Waals surface area (Å²) in [6.45, 7) is 3.03. The normalized spacial score (nSPS) is 14.7. The minimum Gasteiger partial charge on any atom is -0.350 e. The second-order valence-electron chi connectivity index (χ2n) is 7.07. The van der Waals surface area contributed by atoms with Crippen molar-refractivity contribution in [3.63, 3.8) is 0 Å². The van der Waals surface area contributed by atoms with E-state index in [1.54, 1.807) is 11.3 Å². The van der Waals surface area contributed by atoms with Gasteiger partial charge in [0.1, 0.15) is 5.69 Å². The second kappa shape index (κ2) is 6.71. The molecule has 1 aliphatic rings. The Bertz CT molecular complexity index is 981. The van der Waals surface area contributed by atoms with Gasteiger partial charge in [-0.05, 0) is 55.5 Å². The number of benzene rings is 1. The Labute approximate surface area is 158 Å². The summed E-state index contributed by atoms with van der Waals surface area (Å²) in [6.07, 6.45) is -2.04. The van der Waals surface area contributed by atoms with Crippen molar-refractivity contribution in [2.45, 2.75) is 32.5 Å². The predicted molar refractivity (Wildman–Crippen MR) is 100 cm³/mol. The van der Waals surface area contributed by atoms with E-state index in [4.69, 9.17) is 0 Å². The lowest BCUT2D eigenvalue weighted by Gasteiger charge is -2.12. The number of halogens is 3. The summed E-state index contributed by atoms with van der Waals surface area (Å²) >= 11 is 1.61. The van der Waals surface area contributed by atoms with Gasteiger partial charge in [-0.15, -0.1) is 11.3 Å². The molecule has 0 unspecified atom stereocenters. The van der Waals surface area contributed by atoms with Gasteiger partial charge in [0.05, 0.1) is 15.8 Å². The number of aryl methyl sites for hydroxylation is 1. The average molecular weight is 392 g/mol. The van der Waals surface area contributed by atoms with Gasteiger partial charge in [0.15, 0.2) is 0 Å². The number of nitrogens with one attached hydrogen (secondary N) is 1. The number of alkyl halides is 3. The van der Waals surface area contributed by atoms with E-state index >= 15 is 0 Å². The first kappa shape index (κ1) is 18.1. The highest BCUT2D eigenvalue weighted by atomic mass is 32.1. The monoisotopic (exact) mass is 392 g/mol. The van der Waals surface area contributed by atoms with Gasteiger partial charge in [0.25, 0.3) is 5.91 Å². The van der Waals surface area contributed by atoms with Crippen LogP contribution in [0.4, 0.5) is 13.2 Å². The summed E-state index contributed by atoms with van der Waals surface area (Å²) in [6, 6.07) is 9.00. The van der Waals surface area contributed by atoms with Gasteiger partial charge in [-0.1, -0.05) is 12.1 Å². The topological polar surface area (TPSA) is 34.0 Å². The standard InChI is InChI=1S/C20H19F3N2OS/c1-12-8-16-18(27-12)9-17(19(26)24-10-13-2-3-13)25(16)11-14-4-6-15(7-5-14)20(21,22)23/h4-9,13H,2-3,10-11H2,1H3,(H,24,26). The maximum absolute atomic E-state index is 12.8. The van der Waals surface area contributed by atoms with Crippen LogP contribution in [0.1, 0.15) is 39.3 Å². The highest BCUT2D eigenvalue weighted by Gasteiger charge is 2.30. The van der Waals surface area contributed by atoms with Crippen LogP contribution in [0.2, 0.25) is 0 Å². The molecule has 27 heavy (non-hydrogen) atoms. The van der Waals surface area contributed by atoms with Gasteiger partial charge in [-0.25, -0.2) is 0 Å². The maximum atomic E-state index is 12.8. The van der Waals surface area contributed by atoms with Crippen LogP contribution < -0.4 is 5.32 Å². The molecule has 1 N–H and O–H groups in total. The van der Waals surface area contributed by atoms with E-state index in [9.17, 15) is 18.0 Å². The summed E-state index contributed by atoms with van der Waals surface area (Å²) in [4.78, 5) is 13.8. The molecule has 1 aromatic carbocycles. The number of thiophene rings is 1. The molecule has 1 amide bonds. The number of amides is 1. The summed E-state index contributed by atoms with van der Waals surface area (Å²) in [5, 5.41) is 2.98. The van der Waals surface area contributed by atoms with Gasteiger partial charge in [-0.3, -0.25) is 4.79 Å². The van der Waals surface area contributed by atoms with Crippen molar-refractivity contribution in [1.82, 2.24) is 9.88 Å². The summed E-state index contributed by atoms with van der Waals surface area (Å²) in [5.41, 5.74) is 1.55. The molecule has 0 radical (unpaired) electrons. The average Bonchev–Trinajstić information content (AvgIpc) is 3.29. The zero-order valence-corrected chi connectivity index (χ0v) is 15.6. The minimum atomic E-state index is -4.35. The predicted octanol–water partition coefficient (Wildman–Crippen LogP) is 5.22. The third-order valence-electron chi connectivity index (χ3n) is 4.82. The molecule has 4 rings (SSSR count). The number of hydrogen-bond donors (Lipinski definition) is 1. The molecule has 2 aromatic heterocycles. The Hall–Kier alpha value is -2.28. The first-order chi connectivity index (χ1) is 12.8. The Balaban J connectivity index is 1.64. The van der Waals surface area contributed by atoms with E-state index in [1.807, 2.05) is 23.6 Å². The third kappa shape index (κ3) is 3.88. The van der Waals surface area contributed by atoms with E-state index in [0.29, 0.717) is 24.7 Å². The molecule has 3 nitrogen and oxygen atoms in total. The van der Waals surface area contributed by atoms with Gasteiger partial charge < -0.3 is 9.88 Å². The number of carbonyl (C=O) groups excluding carboxylic acids is 1. The van der Waals surface area contributed by atoms with Crippen LogP contribution in [0.5, 0.6) is 0 Å². The van der Waals surface area contributed by atoms with Crippen molar-refractivity contribution in [2.24, 2.45) is 5.92 Å². The fourth-order valence-electron chi connectivity index (χ4n) is 3.15. The number of rotatable bonds is 5. The van der Waals surface area contributed by atoms with Gasteiger partial charge >= 0.3 is 6.18 Å². The number of nitrogens with zero attached hydrogens (tertiary/aromatic N) is 1. The van der Waals surface area contributed by atoms with Crippen LogP contribution in [0, 0.1) is 12.8 Å². The molecule has 2 heterocycles. The third-order valence-corrected chi connectivity index (χ3v) is 5.80. The fourth-order valence-corrected chi connectivity index (χ4v) is 4.12. The molecule has 142 valence electrons. The zero-order valence-electron chi connectivity index (χ0n) is 14.8. The van der Waals surface area contributed by atoms with Gasteiger partial charge in [-0.2, -0.15) is 13.2 Å². The molecular formula is C20H19F3N2OS. The van der Waals surface area contributed by atoms with Gasteiger partial charge in [0.2, 0.25) is 0 Å². The lowest BCUT2D eigenvalue weighted by molar-refractivity contribution is -0.137. The van der Waals surface area contributed by atoms with Crippen LogP contribution in [-0.4, -0.2) is 17.0 Å². The fraction of sp³-hybridized carbons (Fsp3) is 0.350. The Morgan fingerprint density at radius 1 is 1.22 bits per heavy atom. The molecular weight excluding hydrogens is 373 g/mol. The van der Waals surface area contributed by atoms with E-state index in [1.165, 1.54) is 12.1 Å². The molecule has 1 aliphatic carbocycles. The molecule has 0 bridgehead atoms. The van der Waals surface area contributed by atoms with Crippen molar-refractivity contribution < 1.29 is 18.0 Å². The lowest BCUT2D eigenvalue weighted by Crippen LogP contribution is -2.27. The molecule has 7 heteroatoms. The Morgan fingerprint density at radius 3 is 2.56 bits per heavy atom. The van der Waals surface area contributed by atoms with Crippen molar-refractivity contribution in [2.75, 3.05) is 6.54 Å². The molecule has 0 aliphatic heterocycles. The molecule has 0 spiro atoms. The summed E-state index contributed by atoms with van der Waals surface area (Å²) < 4.78 is 41.2. The van der Waals surface area contributed by atoms with Gasteiger partial charge in [0, 0.05) is 18.0 Å². The summed E-state index contributed by atoms with van der Waals surface area (Å²) in [7, 11) is 0. The lowest BCUT2D eigenvalue weighted by atomic mass is 10.1. The summed E-state index contributed by atoms with van der Waals surface area (Å²) in [5.74, 6) is 0.450. The van der Waals surface area contributed by atoms with E-state index < -0.39 is 11.7 Å². The van der Waals surface area contributed by atoms with Crippen LogP contribution in [0.25, 0.3) is 10.2 Å². The molecule has 3 aromatic rings. The van der Waals surface area contributed by atoms with E-state index in [-0.39, 0.29) is 5.91 Å². The quantitative estimate of drug-likeness (QED) is 0.635. The van der Waals surface area contributed by atoms with E-state index in [2.05, 4.69) is 5.32 Å². The maximum Gasteiger partial charge on any atom is 0.416 e. The van der Waals surface area contributed by atoms with Crippen molar-refractivity contribution in [1.29, 1.82) is 0 Å². The van der Waals surface area contributed by atoms with Crippen LogP contribution >= 0.6 is 11.3 Å². The molecule has 1 fully saturated rings. The molecule has 0 saturated heterocycles. The van der Waals surface area contributed by atoms with Crippen molar-refractivity contribution >= 4 is 27.5 Å². The Kier molecular flexibility index (Phi) is 4.50. The van der Waals surface area contributed by atoms with Crippen LogP contribution in [0.3, 0.4) is 0 Å². The van der Waals surface area contributed by atoms with Crippen molar-refractivity contribution in [3.8, 4) is 0 Å². The molecule has 1 saturated carbocycles. The first-order valence-electron chi connectivity index (χ1n) is 8.85. The van der Waals surface area contributed by atoms with Crippen LogP contribution in [-0.2, 0) is 12.7 Å².